The van der Waals surface area contributed by atoms with Crippen LogP contribution < -0.4 is 5.32 Å². The summed E-state index contributed by atoms with van der Waals surface area (Å²) in [5.74, 6) is -0.557. The van der Waals surface area contributed by atoms with E-state index in [0.29, 0.717) is 17.4 Å². The van der Waals surface area contributed by atoms with E-state index in [1.54, 1.807) is 0 Å². The molecule has 0 aliphatic carbocycles. The molecule has 0 aliphatic heterocycles. The average Bonchev–Trinajstić information content (AvgIpc) is 3.44. The van der Waals surface area contributed by atoms with Crippen molar-refractivity contribution in [3.63, 3.8) is 0 Å². The van der Waals surface area contributed by atoms with Gasteiger partial charge in [0.25, 0.3) is 0 Å². The molecule has 3 unspecified atom stereocenters. The minimum Gasteiger partial charge on any atom is -0.456 e. The third kappa shape index (κ3) is 61.2. The maximum atomic E-state index is 13.6. The fourth-order valence-electron chi connectivity index (χ4n) is 9.27. The highest BCUT2D eigenvalue weighted by Gasteiger charge is 2.30. The molecule has 2 N–H and O–H groups in total. The molecule has 3 atom stereocenters. The van der Waals surface area contributed by atoms with E-state index in [2.05, 4.69) is 123 Å². The molecule has 0 aromatic rings. The first-order valence-corrected chi connectivity index (χ1v) is 35.2. The van der Waals surface area contributed by atoms with Gasteiger partial charge in [0.15, 0.2) is 0 Å². The van der Waals surface area contributed by atoms with Crippen LogP contribution >= 0.6 is 7.82 Å². The van der Waals surface area contributed by atoms with Crippen molar-refractivity contribution >= 4 is 19.7 Å². The van der Waals surface area contributed by atoms with Gasteiger partial charge < -0.3 is 19.4 Å². The van der Waals surface area contributed by atoms with Gasteiger partial charge in [-0.1, -0.05) is 265 Å². The second-order valence-electron chi connectivity index (χ2n) is 23.6. The Labute approximate surface area is 506 Å². The number of allylic oxidation sites excluding steroid dienone is 17. The first-order valence-electron chi connectivity index (χ1n) is 33.7. The number of unbranched alkanes of at least 4 members (excludes halogenated alkanes) is 28. The molecule has 0 aliphatic rings. The molecular formula is C72H128N2O7P+. The summed E-state index contributed by atoms with van der Waals surface area (Å²) in [5, 5.41) is 3.04. The first kappa shape index (κ1) is 78.7. The lowest BCUT2D eigenvalue weighted by Crippen LogP contribution is -2.47. The summed E-state index contributed by atoms with van der Waals surface area (Å²) in [5.41, 5.74) is 0. The van der Waals surface area contributed by atoms with Gasteiger partial charge in [0.05, 0.1) is 33.8 Å². The number of quaternary nitrogens is 1. The predicted octanol–water partition coefficient (Wildman–Crippen LogP) is 21.3. The number of hydrogen-bond acceptors (Lipinski definition) is 6. The van der Waals surface area contributed by atoms with Crippen molar-refractivity contribution < 1.29 is 37.3 Å². The van der Waals surface area contributed by atoms with Crippen LogP contribution in [0.3, 0.4) is 0 Å². The van der Waals surface area contributed by atoms with Crippen LogP contribution in [0.4, 0.5) is 0 Å². The highest BCUT2D eigenvalue weighted by molar-refractivity contribution is 7.47. The van der Waals surface area contributed by atoms with Gasteiger partial charge in [-0.25, -0.2) is 4.57 Å². The van der Waals surface area contributed by atoms with Crippen LogP contribution in [-0.2, 0) is 27.9 Å². The van der Waals surface area contributed by atoms with E-state index < -0.39 is 20.0 Å². The minimum atomic E-state index is -4.47. The number of ether oxygens (including phenoxy) is 1. The smallest absolute Gasteiger partial charge is 0.456 e. The SMILES string of the molecule is CC/C=C\C/C=C\C/C=C\C/C=C\C/C=C\C/C=C\CCCCC(=O)NC(COP(=O)(O)OCC[N+](C)(C)C)C(/C=C/CCCCCCCCCCCC)OC(=O)CCCCCCCCCCCCCCC/C=C\C/C=C\CCCCC. The van der Waals surface area contributed by atoms with Crippen molar-refractivity contribution in [3.05, 3.63) is 109 Å². The van der Waals surface area contributed by atoms with Crippen LogP contribution in [0.2, 0.25) is 0 Å². The van der Waals surface area contributed by atoms with E-state index >= 15 is 0 Å². The molecule has 0 aromatic carbocycles. The molecule has 0 radical (unpaired) electrons. The zero-order valence-electron chi connectivity index (χ0n) is 54.0. The van der Waals surface area contributed by atoms with Crippen LogP contribution in [0.25, 0.3) is 0 Å². The number of likely N-dealkylation sites (N-methyl/N-ethyl adjacent to an activating group) is 1. The Balaban J connectivity index is 5.22. The quantitative estimate of drug-likeness (QED) is 0.0205. The van der Waals surface area contributed by atoms with Crippen molar-refractivity contribution in [2.24, 2.45) is 0 Å². The fourth-order valence-corrected chi connectivity index (χ4v) is 10.0. The topological polar surface area (TPSA) is 111 Å². The van der Waals surface area contributed by atoms with E-state index in [0.717, 1.165) is 96.3 Å². The molecule has 9 nitrogen and oxygen atoms in total. The first-order chi connectivity index (χ1) is 39.9. The second kappa shape index (κ2) is 60.8. The number of rotatable bonds is 60. The van der Waals surface area contributed by atoms with E-state index in [1.165, 1.54) is 148 Å². The largest absolute Gasteiger partial charge is 0.472 e. The van der Waals surface area contributed by atoms with Crippen molar-refractivity contribution in [1.82, 2.24) is 5.32 Å². The monoisotopic (exact) mass is 1160 g/mol. The number of nitrogens with one attached hydrogen (secondary N) is 1. The lowest BCUT2D eigenvalue weighted by molar-refractivity contribution is -0.870. The Morgan fingerprint density at radius 2 is 0.780 bits per heavy atom. The lowest BCUT2D eigenvalue weighted by Gasteiger charge is -2.27. The number of nitrogens with zero attached hydrogens (tertiary/aromatic N) is 1. The third-order valence-electron chi connectivity index (χ3n) is 14.4. The zero-order chi connectivity index (χ0) is 60.0. The molecule has 82 heavy (non-hydrogen) atoms. The standard InChI is InChI=1S/C72H127N2O7P/c1-7-10-13-16-19-22-25-28-30-32-34-36-37-39-41-43-45-47-50-53-56-59-62-65-72(76)81-70(63-60-57-54-51-48-27-24-21-18-15-12-9-3)69(68-80-82(77,78)79-67-66-74(4,5)6)73-71(75)64-61-58-55-52-49-46-44-42-40-38-35-33-31-29-26-23-20-17-14-11-8-2/h11,14,19-20,22-23,28-31,35,38,42,44,49,52,60,63,69-70H,7-10,12-13,15-18,21,24-27,32-34,36-37,39-41,43,45-48,50-51,53-59,61-62,64-68H2,1-6H3,(H-,73,75,77,78)/p+1/b14-11-,22-19-,23-20-,30-28-,31-29-,38-35-,44-42-,52-49-,63-60+. The van der Waals surface area contributed by atoms with Crippen LogP contribution in [0.1, 0.15) is 284 Å². The highest BCUT2D eigenvalue weighted by Crippen LogP contribution is 2.43. The summed E-state index contributed by atoms with van der Waals surface area (Å²) in [6.45, 7) is 6.85. The number of hydrogen-bond donors (Lipinski definition) is 2. The maximum Gasteiger partial charge on any atom is 0.472 e. The molecule has 0 fully saturated rings. The van der Waals surface area contributed by atoms with Gasteiger partial charge in [-0.3, -0.25) is 18.6 Å². The van der Waals surface area contributed by atoms with Gasteiger partial charge in [0.2, 0.25) is 5.91 Å². The van der Waals surface area contributed by atoms with Gasteiger partial charge in [0.1, 0.15) is 19.3 Å². The lowest BCUT2D eigenvalue weighted by atomic mass is 10.0. The van der Waals surface area contributed by atoms with Gasteiger partial charge in [-0.2, -0.15) is 0 Å². The summed E-state index contributed by atoms with van der Waals surface area (Å²) in [4.78, 5) is 37.8. The molecule has 0 spiro atoms. The summed E-state index contributed by atoms with van der Waals surface area (Å²) in [7, 11) is 1.46. The van der Waals surface area contributed by atoms with E-state index in [4.69, 9.17) is 13.8 Å². The summed E-state index contributed by atoms with van der Waals surface area (Å²) in [6.07, 6.45) is 83.8. The zero-order valence-corrected chi connectivity index (χ0v) is 54.8. The Bertz CT molecular complexity index is 1770. The minimum absolute atomic E-state index is 0.0268. The second-order valence-corrected chi connectivity index (χ2v) is 25.1. The Hall–Kier alpha value is -3.33. The van der Waals surface area contributed by atoms with Crippen molar-refractivity contribution in [2.75, 3.05) is 40.9 Å². The average molecular weight is 1160 g/mol. The molecule has 0 saturated heterocycles. The molecule has 0 bridgehead atoms. The summed E-state index contributed by atoms with van der Waals surface area (Å²) >= 11 is 0. The number of carbonyl (C=O) groups is 2. The van der Waals surface area contributed by atoms with Crippen molar-refractivity contribution in [3.8, 4) is 0 Å². The van der Waals surface area contributed by atoms with Gasteiger partial charge in [0, 0.05) is 12.8 Å². The molecule has 10 heteroatoms. The van der Waals surface area contributed by atoms with Gasteiger partial charge in [-0.15, -0.1) is 0 Å². The summed E-state index contributed by atoms with van der Waals surface area (Å²) in [6, 6.07) is -0.879. The number of esters is 1. The molecule has 0 heterocycles. The highest BCUT2D eigenvalue weighted by atomic mass is 31.2. The maximum absolute atomic E-state index is 13.6. The van der Waals surface area contributed by atoms with Crippen molar-refractivity contribution in [1.29, 1.82) is 0 Å². The Morgan fingerprint density at radius 3 is 1.21 bits per heavy atom. The molecule has 1 amide bonds. The van der Waals surface area contributed by atoms with Crippen LogP contribution in [0.5, 0.6) is 0 Å². The van der Waals surface area contributed by atoms with Crippen LogP contribution in [-0.4, -0.2) is 74.3 Å². The van der Waals surface area contributed by atoms with Crippen LogP contribution in [0, 0.1) is 0 Å². The summed E-state index contributed by atoms with van der Waals surface area (Å²) < 4.78 is 30.7. The van der Waals surface area contributed by atoms with Gasteiger partial charge in [-0.05, 0) is 115 Å². The normalized spacial score (nSPS) is 14.3. The molecule has 472 valence electrons. The van der Waals surface area contributed by atoms with E-state index in [-0.39, 0.29) is 37.9 Å². The molecular weight excluding hydrogens is 1040 g/mol. The van der Waals surface area contributed by atoms with Gasteiger partial charge >= 0.3 is 13.8 Å². The van der Waals surface area contributed by atoms with Crippen molar-refractivity contribution in [2.45, 2.75) is 296 Å². The Kier molecular flexibility index (Phi) is 58.3. The number of carbonyl (C=O) groups excluding carboxylic acids is 2. The number of amides is 1. The fraction of sp³-hybridized carbons (Fsp3) is 0.722. The number of phosphoric acid groups is 1. The Morgan fingerprint density at radius 1 is 0.439 bits per heavy atom. The van der Waals surface area contributed by atoms with E-state index in [9.17, 15) is 19.0 Å². The molecule has 0 aromatic heterocycles. The third-order valence-corrected chi connectivity index (χ3v) is 15.4. The number of phosphoric ester groups is 1. The molecule has 0 rings (SSSR count). The predicted molar refractivity (Wildman–Crippen MR) is 355 cm³/mol. The molecule has 0 saturated carbocycles. The van der Waals surface area contributed by atoms with E-state index in [1.807, 2.05) is 33.3 Å². The van der Waals surface area contributed by atoms with Crippen LogP contribution in [0.15, 0.2) is 109 Å².